The average Bonchev–Trinajstić information content (AvgIpc) is 3.19. The molecule has 0 bridgehead atoms. The number of nitrogens with zero attached hydrogens (tertiary/aromatic N) is 5. The SMILES string of the molecule is CCCN(CC(=O)N1CCCN(c2ccc(-c3ccc(F)cc3)nn2)CC1)C(=O)c1cccc(OC)c1. The summed E-state index contributed by atoms with van der Waals surface area (Å²) in [5.74, 6) is 0.807. The van der Waals surface area contributed by atoms with Gasteiger partial charge in [-0.1, -0.05) is 13.0 Å². The van der Waals surface area contributed by atoms with Gasteiger partial charge in [0.25, 0.3) is 5.91 Å². The minimum Gasteiger partial charge on any atom is -0.497 e. The minimum absolute atomic E-state index is 0.0378. The summed E-state index contributed by atoms with van der Waals surface area (Å²) < 4.78 is 18.4. The molecule has 0 spiro atoms. The van der Waals surface area contributed by atoms with Gasteiger partial charge in [-0.2, -0.15) is 0 Å². The molecule has 1 saturated heterocycles. The van der Waals surface area contributed by atoms with E-state index in [0.717, 1.165) is 30.8 Å². The van der Waals surface area contributed by atoms with Crippen LogP contribution in [-0.4, -0.2) is 78.2 Å². The van der Waals surface area contributed by atoms with E-state index < -0.39 is 0 Å². The van der Waals surface area contributed by atoms with Gasteiger partial charge in [0.15, 0.2) is 5.82 Å². The van der Waals surface area contributed by atoms with E-state index in [2.05, 4.69) is 15.1 Å². The number of aromatic nitrogens is 2. The average molecular weight is 506 g/mol. The third kappa shape index (κ3) is 6.61. The van der Waals surface area contributed by atoms with Crippen molar-refractivity contribution in [1.29, 1.82) is 0 Å². The van der Waals surface area contributed by atoms with Crippen LogP contribution in [-0.2, 0) is 4.79 Å². The lowest BCUT2D eigenvalue weighted by Gasteiger charge is -2.27. The number of hydrogen-bond donors (Lipinski definition) is 0. The monoisotopic (exact) mass is 505 g/mol. The van der Waals surface area contributed by atoms with E-state index in [4.69, 9.17) is 4.74 Å². The molecule has 1 aliphatic rings. The van der Waals surface area contributed by atoms with Gasteiger partial charge < -0.3 is 19.4 Å². The zero-order valence-electron chi connectivity index (χ0n) is 21.3. The molecule has 8 nitrogen and oxygen atoms in total. The second kappa shape index (κ2) is 12.3. The molecule has 3 aromatic rings. The van der Waals surface area contributed by atoms with E-state index in [1.54, 1.807) is 48.4 Å². The maximum absolute atomic E-state index is 13.2. The molecule has 0 saturated carbocycles. The Hall–Kier alpha value is -4.01. The summed E-state index contributed by atoms with van der Waals surface area (Å²) in [5.41, 5.74) is 1.98. The molecule has 1 aromatic heterocycles. The van der Waals surface area contributed by atoms with Crippen LogP contribution < -0.4 is 9.64 Å². The van der Waals surface area contributed by atoms with Gasteiger partial charge >= 0.3 is 0 Å². The molecule has 0 unspecified atom stereocenters. The fraction of sp³-hybridized carbons (Fsp3) is 0.357. The van der Waals surface area contributed by atoms with Crippen LogP contribution in [0.15, 0.2) is 60.7 Å². The second-order valence-corrected chi connectivity index (χ2v) is 8.96. The number of halogens is 1. The van der Waals surface area contributed by atoms with E-state index in [-0.39, 0.29) is 24.2 Å². The predicted molar refractivity (Wildman–Crippen MR) is 140 cm³/mol. The Balaban J connectivity index is 1.37. The number of anilines is 1. The van der Waals surface area contributed by atoms with Crippen molar-refractivity contribution in [3.8, 4) is 17.0 Å². The van der Waals surface area contributed by atoms with E-state index in [9.17, 15) is 14.0 Å². The van der Waals surface area contributed by atoms with Crippen molar-refractivity contribution >= 4 is 17.6 Å². The molecule has 0 atom stereocenters. The molecule has 0 aliphatic carbocycles. The van der Waals surface area contributed by atoms with Crippen LogP contribution in [0.2, 0.25) is 0 Å². The fourth-order valence-electron chi connectivity index (χ4n) is 4.39. The molecule has 1 aliphatic heterocycles. The second-order valence-electron chi connectivity index (χ2n) is 8.96. The quantitative estimate of drug-likeness (QED) is 0.462. The summed E-state index contributed by atoms with van der Waals surface area (Å²) in [7, 11) is 1.56. The molecule has 9 heteroatoms. The number of carbonyl (C=O) groups is 2. The number of rotatable bonds is 8. The molecule has 194 valence electrons. The topological polar surface area (TPSA) is 78.9 Å². The van der Waals surface area contributed by atoms with E-state index in [1.807, 2.05) is 24.0 Å². The molecule has 2 amide bonds. The zero-order valence-corrected chi connectivity index (χ0v) is 21.3. The maximum atomic E-state index is 13.2. The molecular formula is C28H32FN5O3. The first-order valence-corrected chi connectivity index (χ1v) is 12.5. The summed E-state index contributed by atoms with van der Waals surface area (Å²) >= 11 is 0. The summed E-state index contributed by atoms with van der Waals surface area (Å²) in [5, 5.41) is 8.68. The Morgan fingerprint density at radius 2 is 1.81 bits per heavy atom. The normalized spacial score (nSPS) is 13.7. The molecule has 0 N–H and O–H groups in total. The van der Waals surface area contributed by atoms with Crippen LogP contribution in [0.5, 0.6) is 5.75 Å². The Morgan fingerprint density at radius 1 is 1.00 bits per heavy atom. The third-order valence-corrected chi connectivity index (χ3v) is 6.39. The van der Waals surface area contributed by atoms with Gasteiger partial charge in [-0.25, -0.2) is 4.39 Å². The van der Waals surface area contributed by atoms with Crippen LogP contribution in [0.1, 0.15) is 30.1 Å². The van der Waals surface area contributed by atoms with Gasteiger partial charge in [0, 0.05) is 43.9 Å². The number of hydrogen-bond acceptors (Lipinski definition) is 6. The van der Waals surface area contributed by atoms with Gasteiger partial charge in [-0.15, -0.1) is 10.2 Å². The number of amides is 2. The maximum Gasteiger partial charge on any atom is 0.254 e. The molecule has 0 radical (unpaired) electrons. The highest BCUT2D eigenvalue weighted by Gasteiger charge is 2.24. The summed E-state index contributed by atoms with van der Waals surface area (Å²) in [4.78, 5) is 31.9. The Labute approximate surface area is 216 Å². The third-order valence-electron chi connectivity index (χ3n) is 6.39. The van der Waals surface area contributed by atoms with Crippen molar-refractivity contribution in [2.45, 2.75) is 19.8 Å². The zero-order chi connectivity index (χ0) is 26.2. The fourth-order valence-corrected chi connectivity index (χ4v) is 4.39. The molecule has 1 fully saturated rings. The molecule has 2 heterocycles. The van der Waals surface area contributed by atoms with Crippen molar-refractivity contribution < 1.29 is 18.7 Å². The van der Waals surface area contributed by atoms with Crippen LogP contribution >= 0.6 is 0 Å². The summed E-state index contributed by atoms with van der Waals surface area (Å²) in [6, 6.07) is 16.9. The highest BCUT2D eigenvalue weighted by molar-refractivity contribution is 5.96. The predicted octanol–water partition coefficient (Wildman–Crippen LogP) is 3.88. The number of methoxy groups -OCH3 is 1. The lowest BCUT2D eigenvalue weighted by molar-refractivity contribution is -0.131. The van der Waals surface area contributed by atoms with Crippen molar-refractivity contribution in [2.75, 3.05) is 51.3 Å². The highest BCUT2D eigenvalue weighted by atomic mass is 19.1. The minimum atomic E-state index is -0.292. The van der Waals surface area contributed by atoms with Crippen molar-refractivity contribution in [1.82, 2.24) is 20.0 Å². The standard InChI is InChI=1S/C28H32FN5O3/c1-3-14-34(28(36)22-6-4-7-24(19-22)37-2)20-27(35)33-16-5-15-32(17-18-33)26-13-12-25(30-31-26)21-8-10-23(29)11-9-21/h4,6-13,19H,3,5,14-18,20H2,1-2H3. The van der Waals surface area contributed by atoms with Gasteiger partial charge in [0.05, 0.1) is 12.8 Å². The molecule has 37 heavy (non-hydrogen) atoms. The smallest absolute Gasteiger partial charge is 0.254 e. The van der Waals surface area contributed by atoms with Gasteiger partial charge in [-0.3, -0.25) is 9.59 Å². The number of carbonyl (C=O) groups excluding carboxylic acids is 2. The Bertz CT molecular complexity index is 1200. The van der Waals surface area contributed by atoms with Crippen molar-refractivity contribution in [3.63, 3.8) is 0 Å². The highest BCUT2D eigenvalue weighted by Crippen LogP contribution is 2.20. The van der Waals surface area contributed by atoms with E-state index in [0.29, 0.717) is 43.2 Å². The van der Waals surface area contributed by atoms with Crippen molar-refractivity contribution in [2.24, 2.45) is 0 Å². The molecule has 2 aromatic carbocycles. The Kier molecular flexibility index (Phi) is 8.66. The first-order valence-electron chi connectivity index (χ1n) is 12.5. The van der Waals surface area contributed by atoms with E-state index in [1.165, 1.54) is 12.1 Å². The first kappa shape index (κ1) is 26.1. The summed E-state index contributed by atoms with van der Waals surface area (Å²) in [6.07, 6.45) is 1.54. The van der Waals surface area contributed by atoms with Gasteiger partial charge in [0.2, 0.25) is 5.91 Å². The van der Waals surface area contributed by atoms with E-state index >= 15 is 0 Å². The van der Waals surface area contributed by atoms with Crippen LogP contribution in [0, 0.1) is 5.82 Å². The van der Waals surface area contributed by atoms with Crippen LogP contribution in [0.25, 0.3) is 11.3 Å². The lowest BCUT2D eigenvalue weighted by atomic mass is 10.1. The van der Waals surface area contributed by atoms with Crippen molar-refractivity contribution in [3.05, 3.63) is 72.0 Å². The lowest BCUT2D eigenvalue weighted by Crippen LogP contribution is -2.44. The van der Waals surface area contributed by atoms with Crippen LogP contribution in [0.4, 0.5) is 10.2 Å². The molecule has 4 rings (SSSR count). The first-order chi connectivity index (χ1) is 18.0. The summed E-state index contributed by atoms with van der Waals surface area (Å²) in [6.45, 7) is 5.04. The van der Waals surface area contributed by atoms with Gasteiger partial charge in [-0.05, 0) is 67.4 Å². The molecular weight excluding hydrogens is 473 g/mol. The number of benzene rings is 2. The Morgan fingerprint density at radius 3 is 2.51 bits per heavy atom. The number of ether oxygens (including phenoxy) is 1. The largest absolute Gasteiger partial charge is 0.497 e. The van der Waals surface area contributed by atoms with Crippen LogP contribution in [0.3, 0.4) is 0 Å². The van der Waals surface area contributed by atoms with Gasteiger partial charge in [0.1, 0.15) is 18.1 Å².